The average Bonchev–Trinajstić information content (AvgIpc) is 2.98. The highest BCUT2D eigenvalue weighted by Gasteiger charge is 2.29. The van der Waals surface area contributed by atoms with Crippen molar-refractivity contribution in [3.05, 3.63) is 35.9 Å². The molecule has 284 valence electrons. The van der Waals surface area contributed by atoms with Gasteiger partial charge in [-0.2, -0.15) is 0 Å². The fourth-order valence-corrected chi connectivity index (χ4v) is 3.24. The summed E-state index contributed by atoms with van der Waals surface area (Å²) in [4.78, 5) is 45.4. The highest BCUT2D eigenvalue weighted by molar-refractivity contribution is 5.92. The van der Waals surface area contributed by atoms with E-state index in [2.05, 4.69) is 10.6 Å². The van der Waals surface area contributed by atoms with Gasteiger partial charge in [-0.05, 0) is 37.8 Å². The molecule has 0 aliphatic carbocycles. The number of benzene rings is 1. The molecule has 0 aliphatic rings. The van der Waals surface area contributed by atoms with E-state index in [-0.39, 0.29) is 87.0 Å². The number of halogens is 7. The number of hydrogen-bond donors (Lipinski definition) is 4. The topological polar surface area (TPSA) is 148 Å². The second-order valence-corrected chi connectivity index (χ2v) is 8.15. The van der Waals surface area contributed by atoms with Gasteiger partial charge in [0.05, 0.1) is 12.1 Å². The van der Waals surface area contributed by atoms with Gasteiger partial charge in [0.1, 0.15) is 13.4 Å². The molecule has 0 aromatic heterocycles. The summed E-state index contributed by atoms with van der Waals surface area (Å²) in [7, 11) is 1.74. The minimum atomic E-state index is -0.924. The number of esters is 1. The molecule has 0 saturated carbocycles. The van der Waals surface area contributed by atoms with Crippen LogP contribution in [0.5, 0.6) is 0 Å². The lowest BCUT2D eigenvalue weighted by molar-refractivity contribution is -0.145. The molecular weight excluding hydrogens is 631 g/mol. The second-order valence-electron chi connectivity index (χ2n) is 8.15. The first kappa shape index (κ1) is 74.0. The molecular formula is C30H64F7N3O6. The van der Waals surface area contributed by atoms with E-state index in [1.54, 1.807) is 7.05 Å². The van der Waals surface area contributed by atoms with E-state index in [1.807, 2.05) is 51.0 Å². The normalized spacial score (nSPS) is 9.91. The second kappa shape index (κ2) is 54.4. The maximum atomic E-state index is 12.9. The van der Waals surface area contributed by atoms with Gasteiger partial charge >= 0.3 is 5.97 Å². The fourth-order valence-electron chi connectivity index (χ4n) is 3.24. The number of nitrogens with two attached hydrogens (primary N) is 1. The first-order valence-corrected chi connectivity index (χ1v) is 11.5. The molecule has 1 rings (SSSR count). The van der Waals surface area contributed by atoms with Crippen molar-refractivity contribution in [3.8, 4) is 0 Å². The predicted octanol–water partition coefficient (Wildman–Crippen LogP) is 7.46. The molecule has 0 radical (unpaired) electrons. The Morgan fingerprint density at radius 1 is 0.891 bits per heavy atom. The number of aliphatic hydroxyl groups excluding tert-OH is 1. The Morgan fingerprint density at radius 2 is 1.35 bits per heavy atom. The first-order chi connectivity index (χ1) is 18.8. The maximum absolute atomic E-state index is 12.9. The Labute approximate surface area is 273 Å². The van der Waals surface area contributed by atoms with Crippen LogP contribution < -0.4 is 16.4 Å². The van der Waals surface area contributed by atoms with Gasteiger partial charge in [0.15, 0.2) is 5.78 Å². The van der Waals surface area contributed by atoms with Crippen LogP contribution in [0, 0.1) is 11.8 Å². The fraction of sp³-hybridized carbons (Fsp3) is 0.667. The van der Waals surface area contributed by atoms with Crippen molar-refractivity contribution >= 4 is 24.4 Å². The summed E-state index contributed by atoms with van der Waals surface area (Å²) >= 11 is 0. The zero-order valence-electron chi connectivity index (χ0n) is 22.6. The summed E-state index contributed by atoms with van der Waals surface area (Å²) in [6, 6.07) is 7.71. The van der Waals surface area contributed by atoms with Crippen molar-refractivity contribution < 1.29 is 61.2 Å². The summed E-state index contributed by atoms with van der Waals surface area (Å²) in [5.74, 6) is -1.24. The summed E-state index contributed by atoms with van der Waals surface area (Å²) in [6.07, 6.45) is 0.932. The van der Waals surface area contributed by atoms with E-state index in [0.29, 0.717) is 19.4 Å². The summed E-state index contributed by atoms with van der Waals surface area (Å²) in [5, 5.41) is 15.0. The number of carbonyl (C=O) groups is 4. The SMILES string of the molecule is C.C.C.C.C.C.C=O.CNCC(CCO)C(=O)C(CC(C)C)NC(=O)C(N)CCC(=O)OCc1ccccc1.F.FF.FF.FF. The standard InChI is InChI=1S/C23H37N3O5.CH2O.6CH4.3F2.FH/c1-16(2)13-20(22(29)18(11-12-27)14-25-3)26-23(30)19(24)9-10-21(28)31-15-17-7-5-4-6-8-17;1-2;;;;;;;3*1-2;/h4-8,16,18-20,25,27H,9-15,24H2,1-3H3,(H,26,30);1H2;6*1H4;;;;1H. The van der Waals surface area contributed by atoms with Crippen LogP contribution in [-0.2, 0) is 30.5 Å². The number of aliphatic hydroxyl groups is 1. The zero-order valence-corrected chi connectivity index (χ0v) is 22.6. The highest BCUT2D eigenvalue weighted by Crippen LogP contribution is 2.14. The Kier molecular flexibility index (Phi) is 87.5. The molecule has 0 aliphatic heterocycles. The third-order valence-electron chi connectivity index (χ3n) is 4.94. The van der Waals surface area contributed by atoms with Crippen LogP contribution in [0.15, 0.2) is 30.3 Å². The molecule has 0 bridgehead atoms. The lowest BCUT2D eigenvalue weighted by Gasteiger charge is -2.25. The number of rotatable bonds is 15. The molecule has 5 N–H and O–H groups in total. The van der Waals surface area contributed by atoms with Crippen LogP contribution in [-0.4, -0.2) is 61.8 Å². The molecule has 9 nitrogen and oxygen atoms in total. The van der Waals surface area contributed by atoms with Crippen LogP contribution in [0.25, 0.3) is 0 Å². The molecule has 0 spiro atoms. The number of Topliss-reactive ketones (excluding diaryl/α,β-unsaturated/α-hetero) is 1. The Balaban J connectivity index is -0.0000000839. The van der Waals surface area contributed by atoms with E-state index in [9.17, 15) is 19.5 Å². The van der Waals surface area contributed by atoms with Crippen LogP contribution in [0.1, 0.15) is 89.7 Å². The van der Waals surface area contributed by atoms with Gasteiger partial charge in [0.2, 0.25) is 5.91 Å². The zero-order chi connectivity index (χ0) is 31.2. The maximum Gasteiger partial charge on any atom is 0.306 e. The minimum Gasteiger partial charge on any atom is -0.461 e. The summed E-state index contributed by atoms with van der Waals surface area (Å²) < 4.78 is 53.2. The van der Waals surface area contributed by atoms with Crippen LogP contribution in [0.3, 0.4) is 0 Å². The van der Waals surface area contributed by atoms with Gasteiger partial charge in [0.25, 0.3) is 0 Å². The van der Waals surface area contributed by atoms with E-state index in [1.165, 1.54) is 0 Å². The number of carbonyl (C=O) groups excluding carboxylic acids is 4. The minimum absolute atomic E-state index is 0. The number of ketones is 1. The molecule has 16 heteroatoms. The van der Waals surface area contributed by atoms with Crippen molar-refractivity contribution in [1.29, 1.82) is 0 Å². The van der Waals surface area contributed by atoms with E-state index >= 15 is 0 Å². The molecule has 0 heterocycles. The molecule has 3 atom stereocenters. The molecule has 46 heavy (non-hydrogen) atoms. The lowest BCUT2D eigenvalue weighted by Crippen LogP contribution is -2.51. The largest absolute Gasteiger partial charge is 0.461 e. The van der Waals surface area contributed by atoms with Crippen LogP contribution in [0.2, 0.25) is 0 Å². The monoisotopic (exact) mass is 695 g/mol. The summed E-state index contributed by atoms with van der Waals surface area (Å²) in [5.41, 5.74) is 6.84. The number of amides is 1. The third kappa shape index (κ3) is 38.9. The molecule has 1 aromatic carbocycles. The van der Waals surface area contributed by atoms with Gasteiger partial charge < -0.3 is 31.0 Å². The molecule has 1 aromatic rings. The van der Waals surface area contributed by atoms with E-state index in [0.717, 1.165) is 5.56 Å². The van der Waals surface area contributed by atoms with Crippen LogP contribution in [0.4, 0.5) is 32.1 Å². The summed E-state index contributed by atoms with van der Waals surface area (Å²) in [6.45, 7) is 6.42. The number of ether oxygens (including phenoxy) is 1. The molecule has 3 unspecified atom stereocenters. The van der Waals surface area contributed by atoms with Crippen molar-refractivity contribution in [2.75, 3.05) is 20.2 Å². The lowest BCUT2D eigenvalue weighted by atomic mass is 9.90. The third-order valence-corrected chi connectivity index (χ3v) is 4.94. The first-order valence-electron chi connectivity index (χ1n) is 11.5. The number of nitrogens with one attached hydrogen (secondary N) is 2. The molecule has 0 fully saturated rings. The van der Waals surface area contributed by atoms with Crippen molar-refractivity contribution in [3.63, 3.8) is 0 Å². The number of hydrogen-bond acceptors (Lipinski definition) is 8. The van der Waals surface area contributed by atoms with E-state index in [4.69, 9.17) is 42.7 Å². The molecule has 0 saturated heterocycles. The van der Waals surface area contributed by atoms with Gasteiger partial charge in [-0.1, -0.05) is 88.7 Å². The van der Waals surface area contributed by atoms with Crippen molar-refractivity contribution in [2.45, 2.75) is 103 Å². The smallest absolute Gasteiger partial charge is 0.306 e. The van der Waals surface area contributed by atoms with E-state index < -0.39 is 29.9 Å². The quantitative estimate of drug-likeness (QED) is 0.109. The van der Waals surface area contributed by atoms with Gasteiger partial charge in [-0.3, -0.25) is 19.1 Å². The van der Waals surface area contributed by atoms with Gasteiger partial charge in [0, 0.05) is 52.9 Å². The van der Waals surface area contributed by atoms with Crippen molar-refractivity contribution in [1.82, 2.24) is 10.6 Å². The average molecular weight is 696 g/mol. The molecule has 1 amide bonds. The Bertz CT molecular complexity index is 723. The highest BCUT2D eigenvalue weighted by atomic mass is 20.0. The van der Waals surface area contributed by atoms with Crippen molar-refractivity contribution in [2.24, 2.45) is 17.6 Å². The van der Waals surface area contributed by atoms with Gasteiger partial charge in [-0.25, -0.2) is 0 Å². The van der Waals surface area contributed by atoms with Gasteiger partial charge in [-0.15, -0.1) is 0 Å². The predicted molar refractivity (Wildman–Crippen MR) is 176 cm³/mol. The Hall–Kier alpha value is -3.11. The Morgan fingerprint density at radius 3 is 1.74 bits per heavy atom. The van der Waals surface area contributed by atoms with Crippen LogP contribution >= 0.6 is 0 Å².